The lowest BCUT2D eigenvalue weighted by molar-refractivity contribution is -0.157. The lowest BCUT2D eigenvalue weighted by Gasteiger charge is -2.11. The summed E-state index contributed by atoms with van der Waals surface area (Å²) in [5.41, 5.74) is 0. The first-order chi connectivity index (χ1) is 21.5. The van der Waals surface area contributed by atoms with Crippen LogP contribution < -0.4 is 0 Å². The maximum absolute atomic E-state index is 12.1. The fraction of sp³-hybridized carbons (Fsp3) is 0.921. The van der Waals surface area contributed by atoms with Crippen molar-refractivity contribution in [2.24, 2.45) is 0 Å². The van der Waals surface area contributed by atoms with Crippen molar-refractivity contribution >= 4 is 29.7 Å². The summed E-state index contributed by atoms with van der Waals surface area (Å²) in [6, 6.07) is 0. The number of aliphatic carboxylic acids is 1. The molecule has 0 aromatic heterocycles. The van der Waals surface area contributed by atoms with Gasteiger partial charge in [-0.3, -0.25) is 14.4 Å². The van der Waals surface area contributed by atoms with Crippen LogP contribution >= 0.6 is 11.8 Å². The van der Waals surface area contributed by atoms with E-state index in [-0.39, 0.29) is 12.2 Å². The zero-order chi connectivity index (χ0) is 32.4. The van der Waals surface area contributed by atoms with E-state index < -0.39 is 23.2 Å². The van der Waals surface area contributed by atoms with Crippen LogP contribution in [0.5, 0.6) is 0 Å². The van der Waals surface area contributed by atoms with Gasteiger partial charge in [0.15, 0.2) is 0 Å². The lowest BCUT2D eigenvalue weighted by atomic mass is 10.0. The molecular weight excluding hydrogens is 568 g/mol. The number of carboxylic acids is 1. The van der Waals surface area contributed by atoms with Crippen molar-refractivity contribution in [2.75, 3.05) is 5.75 Å². The van der Waals surface area contributed by atoms with E-state index in [0.29, 0.717) is 6.42 Å². The minimum absolute atomic E-state index is 0.0832. The van der Waals surface area contributed by atoms with Crippen LogP contribution in [-0.2, 0) is 19.1 Å². The number of unbranched alkanes of at least 4 members (excludes halogenated alkanes) is 27. The molecule has 0 saturated heterocycles. The van der Waals surface area contributed by atoms with Crippen LogP contribution in [0, 0.1) is 0 Å². The molecule has 1 atom stereocenters. The molecule has 0 radical (unpaired) electrons. The van der Waals surface area contributed by atoms with Crippen LogP contribution in [0.15, 0.2) is 0 Å². The molecule has 0 bridgehead atoms. The molecule has 1 unspecified atom stereocenters. The molecule has 0 heterocycles. The third-order valence-corrected chi connectivity index (χ3v) is 9.95. The summed E-state index contributed by atoms with van der Waals surface area (Å²) in [7, 11) is 0. The quantitative estimate of drug-likeness (QED) is 0.0422. The first-order valence-electron chi connectivity index (χ1n) is 19.1. The second-order valence-corrected chi connectivity index (χ2v) is 14.3. The summed E-state index contributed by atoms with van der Waals surface area (Å²) in [5, 5.41) is 8.92. The SMILES string of the molecule is CCCCCCCCCCCCCCCCCCC(SCC(=O)OC(=O)CCCCCCCCCCCCCCC)C(=O)O. The molecule has 0 rings (SSSR count). The highest BCUT2D eigenvalue weighted by Crippen LogP contribution is 2.20. The summed E-state index contributed by atoms with van der Waals surface area (Å²) >= 11 is 1.09. The van der Waals surface area contributed by atoms with Crippen LogP contribution in [0.2, 0.25) is 0 Å². The van der Waals surface area contributed by atoms with Gasteiger partial charge < -0.3 is 9.84 Å². The van der Waals surface area contributed by atoms with Gasteiger partial charge in [-0.2, -0.15) is 0 Å². The van der Waals surface area contributed by atoms with Crippen LogP contribution in [0.4, 0.5) is 0 Å². The number of hydrogen-bond acceptors (Lipinski definition) is 5. The molecular formula is C38H72O5S. The number of carboxylic acid groups (broad SMARTS) is 1. The summed E-state index contributed by atoms with van der Waals surface area (Å²) in [6.07, 6.45) is 37.6. The Bertz CT molecular complexity index is 653. The second kappa shape index (κ2) is 34.8. The van der Waals surface area contributed by atoms with Gasteiger partial charge in [-0.15, -0.1) is 11.8 Å². The second-order valence-electron chi connectivity index (χ2n) is 13.1. The van der Waals surface area contributed by atoms with Gasteiger partial charge in [0, 0.05) is 6.42 Å². The Kier molecular flexibility index (Phi) is 34.0. The standard InChI is InChI=1S/C38H72O5S/c1-3-5-7-9-11-13-15-17-18-19-21-22-24-26-28-30-32-35(38(41)42)44-34-37(40)43-36(39)33-31-29-27-25-23-20-16-14-12-10-8-6-4-2/h35H,3-34H2,1-2H3,(H,41,42). The van der Waals surface area contributed by atoms with Crippen LogP contribution in [0.25, 0.3) is 0 Å². The van der Waals surface area contributed by atoms with Gasteiger partial charge in [-0.05, 0) is 12.8 Å². The van der Waals surface area contributed by atoms with Crippen LogP contribution in [0.1, 0.15) is 213 Å². The maximum atomic E-state index is 12.1. The molecule has 0 aromatic carbocycles. The molecule has 0 spiro atoms. The highest BCUT2D eigenvalue weighted by molar-refractivity contribution is 8.01. The lowest BCUT2D eigenvalue weighted by Crippen LogP contribution is -2.21. The Hall–Kier alpha value is -1.04. The summed E-state index contributed by atoms with van der Waals surface area (Å²) in [5.74, 6) is -2.07. The fourth-order valence-corrected chi connectivity index (χ4v) is 6.69. The highest BCUT2D eigenvalue weighted by atomic mass is 32.2. The molecule has 0 aromatic rings. The van der Waals surface area contributed by atoms with Crippen molar-refractivity contribution < 1.29 is 24.2 Å². The van der Waals surface area contributed by atoms with Crippen molar-refractivity contribution in [3.05, 3.63) is 0 Å². The third-order valence-electron chi connectivity index (χ3n) is 8.71. The van der Waals surface area contributed by atoms with E-state index in [1.165, 1.54) is 148 Å². The van der Waals surface area contributed by atoms with Crippen molar-refractivity contribution in [3.8, 4) is 0 Å². The summed E-state index contributed by atoms with van der Waals surface area (Å²) < 4.78 is 4.93. The van der Waals surface area contributed by atoms with E-state index in [9.17, 15) is 19.5 Å². The van der Waals surface area contributed by atoms with E-state index in [1.54, 1.807) is 0 Å². The molecule has 1 N–H and O–H groups in total. The number of carbonyl (C=O) groups excluding carboxylic acids is 2. The van der Waals surface area contributed by atoms with E-state index in [2.05, 4.69) is 13.8 Å². The number of ether oxygens (including phenoxy) is 1. The Morgan fingerprint density at radius 1 is 0.477 bits per heavy atom. The number of hydrogen-bond donors (Lipinski definition) is 1. The number of carbonyl (C=O) groups is 3. The van der Waals surface area contributed by atoms with Crippen molar-refractivity contribution in [2.45, 2.75) is 218 Å². The minimum Gasteiger partial charge on any atom is -0.480 e. The molecule has 44 heavy (non-hydrogen) atoms. The first-order valence-corrected chi connectivity index (χ1v) is 20.1. The summed E-state index contributed by atoms with van der Waals surface area (Å²) in [4.78, 5) is 35.7. The first kappa shape index (κ1) is 43.0. The molecule has 260 valence electrons. The normalized spacial score (nSPS) is 12.0. The van der Waals surface area contributed by atoms with Crippen LogP contribution in [0.3, 0.4) is 0 Å². The van der Waals surface area contributed by atoms with Gasteiger partial charge in [0.05, 0.1) is 5.75 Å². The minimum atomic E-state index is -0.887. The monoisotopic (exact) mass is 641 g/mol. The van der Waals surface area contributed by atoms with Crippen molar-refractivity contribution in [1.29, 1.82) is 0 Å². The Morgan fingerprint density at radius 3 is 1.14 bits per heavy atom. The van der Waals surface area contributed by atoms with E-state index in [1.807, 2.05) is 0 Å². The van der Waals surface area contributed by atoms with E-state index >= 15 is 0 Å². The van der Waals surface area contributed by atoms with Gasteiger partial charge in [0.25, 0.3) is 0 Å². The number of thioether (sulfide) groups is 1. The highest BCUT2D eigenvalue weighted by Gasteiger charge is 2.20. The average Bonchev–Trinajstić information content (AvgIpc) is 3.00. The largest absolute Gasteiger partial charge is 0.480 e. The molecule has 0 aliphatic rings. The van der Waals surface area contributed by atoms with Crippen molar-refractivity contribution in [1.82, 2.24) is 0 Å². The zero-order valence-electron chi connectivity index (χ0n) is 29.2. The van der Waals surface area contributed by atoms with E-state index in [4.69, 9.17) is 4.74 Å². The molecule has 0 saturated carbocycles. The Morgan fingerprint density at radius 2 is 0.795 bits per heavy atom. The van der Waals surface area contributed by atoms with Gasteiger partial charge >= 0.3 is 17.9 Å². The van der Waals surface area contributed by atoms with Crippen molar-refractivity contribution in [3.63, 3.8) is 0 Å². The number of esters is 2. The topological polar surface area (TPSA) is 80.7 Å². The Balaban J connectivity index is 3.62. The fourth-order valence-electron chi connectivity index (χ4n) is 5.82. The van der Waals surface area contributed by atoms with Gasteiger partial charge in [0.1, 0.15) is 5.25 Å². The Labute approximate surface area is 277 Å². The zero-order valence-corrected chi connectivity index (χ0v) is 30.0. The van der Waals surface area contributed by atoms with Gasteiger partial charge in [0.2, 0.25) is 0 Å². The van der Waals surface area contributed by atoms with Gasteiger partial charge in [-0.25, -0.2) is 0 Å². The van der Waals surface area contributed by atoms with E-state index in [0.717, 1.165) is 50.3 Å². The predicted octanol–water partition coefficient (Wildman–Crippen LogP) is 12.4. The molecule has 6 heteroatoms. The molecule has 0 fully saturated rings. The molecule has 5 nitrogen and oxygen atoms in total. The average molecular weight is 641 g/mol. The van der Waals surface area contributed by atoms with Crippen LogP contribution in [-0.4, -0.2) is 34.0 Å². The third kappa shape index (κ3) is 32.4. The smallest absolute Gasteiger partial charge is 0.323 e. The predicted molar refractivity (Wildman–Crippen MR) is 189 cm³/mol. The molecule has 0 aliphatic heterocycles. The molecule has 0 amide bonds. The molecule has 0 aliphatic carbocycles. The van der Waals surface area contributed by atoms with Gasteiger partial charge in [-0.1, -0.05) is 194 Å². The maximum Gasteiger partial charge on any atom is 0.323 e. The summed E-state index contributed by atoms with van der Waals surface area (Å²) in [6.45, 7) is 4.52. The number of rotatable bonds is 35.